The van der Waals surface area contributed by atoms with Gasteiger partial charge in [-0.2, -0.15) is 13.2 Å². The molecule has 1 unspecified atom stereocenters. The normalized spacial score (nSPS) is 12.8. The minimum Gasteiger partial charge on any atom is -0.481 e. The second kappa shape index (κ2) is 7.14. The van der Waals surface area contributed by atoms with Gasteiger partial charge in [0.1, 0.15) is 12.3 Å². The van der Waals surface area contributed by atoms with Gasteiger partial charge < -0.3 is 14.7 Å². The minimum absolute atomic E-state index is 0.388. The molecule has 20 heavy (non-hydrogen) atoms. The highest BCUT2D eigenvalue weighted by atomic mass is 19.4. The van der Waals surface area contributed by atoms with E-state index >= 15 is 0 Å². The van der Waals surface area contributed by atoms with Crippen molar-refractivity contribution < 1.29 is 27.8 Å². The van der Waals surface area contributed by atoms with Crippen LogP contribution in [0.25, 0.3) is 0 Å². The zero-order valence-corrected chi connectivity index (χ0v) is 10.9. The van der Waals surface area contributed by atoms with Crippen molar-refractivity contribution in [1.82, 2.24) is 4.90 Å². The first kappa shape index (κ1) is 16.3. The molecular formula is C13H16F3NO3. The number of ether oxygens (including phenoxy) is 1. The fourth-order valence-corrected chi connectivity index (χ4v) is 1.61. The molecule has 0 saturated carbocycles. The zero-order valence-electron chi connectivity index (χ0n) is 10.9. The van der Waals surface area contributed by atoms with E-state index in [1.807, 2.05) is 0 Å². The standard InChI is InChI=1S/C13H16F3NO3/c1-10(20-11-5-3-2-4-6-11)12(19)17(7-8-18)9-13(14,15)16/h2-6,10,18H,7-9H2,1H3. The Bertz CT molecular complexity index is 423. The van der Waals surface area contributed by atoms with E-state index in [9.17, 15) is 18.0 Å². The van der Waals surface area contributed by atoms with E-state index in [2.05, 4.69) is 0 Å². The molecule has 0 spiro atoms. The Labute approximate surface area is 114 Å². The first-order valence-electron chi connectivity index (χ1n) is 6.01. The van der Waals surface area contributed by atoms with Gasteiger partial charge in [0.25, 0.3) is 5.91 Å². The summed E-state index contributed by atoms with van der Waals surface area (Å²) in [5.41, 5.74) is 0. The van der Waals surface area contributed by atoms with Crippen molar-refractivity contribution in [3.05, 3.63) is 30.3 Å². The monoisotopic (exact) mass is 291 g/mol. The van der Waals surface area contributed by atoms with Crippen LogP contribution in [0.2, 0.25) is 0 Å². The second-order valence-corrected chi connectivity index (χ2v) is 4.17. The maximum absolute atomic E-state index is 12.4. The number of benzene rings is 1. The summed E-state index contributed by atoms with van der Waals surface area (Å²) in [6, 6.07) is 8.33. The number of aliphatic hydroxyl groups excluding tert-OH is 1. The van der Waals surface area contributed by atoms with Crippen molar-refractivity contribution in [1.29, 1.82) is 0 Å². The molecule has 0 aromatic heterocycles. The molecule has 1 rings (SSSR count). The first-order chi connectivity index (χ1) is 9.33. The van der Waals surface area contributed by atoms with Gasteiger partial charge in [-0.15, -0.1) is 0 Å². The smallest absolute Gasteiger partial charge is 0.406 e. The molecule has 1 atom stereocenters. The van der Waals surface area contributed by atoms with Gasteiger partial charge in [-0.05, 0) is 19.1 Å². The number of carbonyl (C=O) groups excluding carboxylic acids is 1. The van der Waals surface area contributed by atoms with Gasteiger partial charge in [0.15, 0.2) is 6.10 Å². The van der Waals surface area contributed by atoms with Crippen LogP contribution in [0.15, 0.2) is 30.3 Å². The molecule has 7 heteroatoms. The maximum atomic E-state index is 12.4. The first-order valence-corrected chi connectivity index (χ1v) is 6.01. The van der Waals surface area contributed by atoms with Gasteiger partial charge in [-0.1, -0.05) is 18.2 Å². The predicted molar refractivity (Wildman–Crippen MR) is 66.3 cm³/mol. The minimum atomic E-state index is -4.52. The zero-order chi connectivity index (χ0) is 15.2. The largest absolute Gasteiger partial charge is 0.481 e. The van der Waals surface area contributed by atoms with E-state index in [1.165, 1.54) is 6.92 Å². The van der Waals surface area contributed by atoms with Gasteiger partial charge in [-0.3, -0.25) is 4.79 Å². The van der Waals surface area contributed by atoms with Crippen molar-refractivity contribution in [2.45, 2.75) is 19.2 Å². The molecular weight excluding hydrogens is 275 g/mol. The lowest BCUT2D eigenvalue weighted by Gasteiger charge is -2.26. The molecule has 0 radical (unpaired) electrons. The fraction of sp³-hybridized carbons (Fsp3) is 0.462. The Morgan fingerprint density at radius 1 is 1.35 bits per heavy atom. The summed E-state index contributed by atoms with van der Waals surface area (Å²) in [4.78, 5) is 12.4. The summed E-state index contributed by atoms with van der Waals surface area (Å²) in [6.07, 6.45) is -5.58. The van der Waals surface area contributed by atoms with Crippen LogP contribution in [-0.2, 0) is 4.79 Å². The van der Waals surface area contributed by atoms with E-state index in [-0.39, 0.29) is 6.54 Å². The number of amides is 1. The predicted octanol–water partition coefficient (Wildman–Crippen LogP) is 1.84. The number of hydrogen-bond donors (Lipinski definition) is 1. The number of alkyl halides is 3. The molecule has 1 amide bonds. The molecule has 0 aliphatic rings. The Kier molecular flexibility index (Phi) is 5.82. The van der Waals surface area contributed by atoms with Gasteiger partial charge in [0, 0.05) is 6.54 Å². The third-order valence-electron chi connectivity index (χ3n) is 2.46. The number of carbonyl (C=O) groups is 1. The Balaban J connectivity index is 2.68. The van der Waals surface area contributed by atoms with Crippen LogP contribution in [0.1, 0.15) is 6.92 Å². The van der Waals surface area contributed by atoms with Crippen molar-refractivity contribution in [3.8, 4) is 5.75 Å². The topological polar surface area (TPSA) is 49.8 Å². The Morgan fingerprint density at radius 3 is 2.45 bits per heavy atom. The van der Waals surface area contributed by atoms with Crippen LogP contribution in [-0.4, -0.2) is 47.9 Å². The molecule has 1 aromatic carbocycles. The molecule has 0 heterocycles. The lowest BCUT2D eigenvalue weighted by atomic mass is 10.3. The van der Waals surface area contributed by atoms with Crippen molar-refractivity contribution >= 4 is 5.91 Å². The highest BCUT2D eigenvalue weighted by molar-refractivity contribution is 5.81. The quantitative estimate of drug-likeness (QED) is 0.870. The van der Waals surface area contributed by atoms with Crippen molar-refractivity contribution in [2.75, 3.05) is 19.7 Å². The summed E-state index contributed by atoms with van der Waals surface area (Å²) in [5, 5.41) is 8.75. The lowest BCUT2D eigenvalue weighted by Crippen LogP contribution is -2.46. The number of nitrogens with zero attached hydrogens (tertiary/aromatic N) is 1. The summed E-state index contributed by atoms with van der Waals surface area (Å²) in [6.45, 7) is -0.967. The van der Waals surface area contributed by atoms with Crippen LogP contribution in [0.5, 0.6) is 5.75 Å². The Morgan fingerprint density at radius 2 is 1.95 bits per heavy atom. The average Bonchev–Trinajstić information content (AvgIpc) is 2.37. The highest BCUT2D eigenvalue weighted by Crippen LogP contribution is 2.18. The van der Waals surface area contributed by atoms with E-state index < -0.39 is 31.3 Å². The highest BCUT2D eigenvalue weighted by Gasteiger charge is 2.34. The SMILES string of the molecule is CC(Oc1ccccc1)C(=O)N(CCO)CC(F)(F)F. The fourth-order valence-electron chi connectivity index (χ4n) is 1.61. The van der Waals surface area contributed by atoms with Crippen molar-refractivity contribution in [2.24, 2.45) is 0 Å². The molecule has 0 saturated heterocycles. The average molecular weight is 291 g/mol. The number of aliphatic hydroxyl groups is 1. The van der Waals surface area contributed by atoms with Crippen LogP contribution in [0.3, 0.4) is 0 Å². The van der Waals surface area contributed by atoms with Crippen LogP contribution >= 0.6 is 0 Å². The molecule has 1 aromatic rings. The molecule has 0 fully saturated rings. The summed E-state index contributed by atoms with van der Waals surface area (Å²) < 4.78 is 42.4. The van der Waals surface area contributed by atoms with Gasteiger partial charge in [-0.25, -0.2) is 0 Å². The van der Waals surface area contributed by atoms with Crippen LogP contribution < -0.4 is 4.74 Å². The van der Waals surface area contributed by atoms with Gasteiger partial charge >= 0.3 is 6.18 Å². The number of halogens is 3. The number of para-hydroxylation sites is 1. The summed E-state index contributed by atoms with van der Waals surface area (Å²) in [7, 11) is 0. The molecule has 112 valence electrons. The molecule has 4 nitrogen and oxygen atoms in total. The van der Waals surface area contributed by atoms with E-state index in [0.29, 0.717) is 10.6 Å². The second-order valence-electron chi connectivity index (χ2n) is 4.17. The number of rotatable bonds is 6. The van der Waals surface area contributed by atoms with Crippen LogP contribution in [0, 0.1) is 0 Å². The maximum Gasteiger partial charge on any atom is 0.406 e. The molecule has 0 bridgehead atoms. The third kappa shape index (κ3) is 5.48. The van der Waals surface area contributed by atoms with E-state index in [1.54, 1.807) is 30.3 Å². The van der Waals surface area contributed by atoms with Crippen molar-refractivity contribution in [3.63, 3.8) is 0 Å². The number of hydrogen-bond acceptors (Lipinski definition) is 3. The van der Waals surface area contributed by atoms with Gasteiger partial charge in [0.05, 0.1) is 6.61 Å². The third-order valence-corrected chi connectivity index (χ3v) is 2.46. The van der Waals surface area contributed by atoms with Gasteiger partial charge in [0.2, 0.25) is 0 Å². The lowest BCUT2D eigenvalue weighted by molar-refractivity contribution is -0.165. The summed E-state index contributed by atoms with van der Waals surface area (Å²) >= 11 is 0. The van der Waals surface area contributed by atoms with Crippen LogP contribution in [0.4, 0.5) is 13.2 Å². The molecule has 1 N–H and O–H groups in total. The molecule has 0 aliphatic heterocycles. The molecule has 0 aliphatic carbocycles. The summed E-state index contributed by atoms with van der Waals surface area (Å²) in [5.74, 6) is -0.426. The van der Waals surface area contributed by atoms with E-state index in [4.69, 9.17) is 9.84 Å². The van der Waals surface area contributed by atoms with E-state index in [0.717, 1.165) is 0 Å². The Hall–Kier alpha value is -1.76.